The van der Waals surface area contributed by atoms with Crippen LogP contribution in [0.5, 0.6) is 11.5 Å². The van der Waals surface area contributed by atoms with E-state index in [1.54, 1.807) is 27.9 Å². The van der Waals surface area contributed by atoms with Gasteiger partial charge in [0.25, 0.3) is 0 Å². The molecule has 1 saturated carbocycles. The summed E-state index contributed by atoms with van der Waals surface area (Å²) in [6, 6.07) is 14.8. The van der Waals surface area contributed by atoms with Gasteiger partial charge in [0.2, 0.25) is 11.8 Å². The number of carboxylic acid groups (broad SMARTS) is 1. The van der Waals surface area contributed by atoms with Crippen LogP contribution in [-0.2, 0) is 19.1 Å². The predicted molar refractivity (Wildman–Crippen MR) is 192 cm³/mol. The van der Waals surface area contributed by atoms with Crippen molar-refractivity contribution in [1.29, 1.82) is 0 Å². The van der Waals surface area contributed by atoms with Crippen LogP contribution in [0.1, 0.15) is 74.1 Å². The zero-order valence-electron chi connectivity index (χ0n) is 30.7. The summed E-state index contributed by atoms with van der Waals surface area (Å²) in [5, 5.41) is 16.5. The van der Waals surface area contributed by atoms with E-state index in [1.807, 2.05) is 82.3 Å². The summed E-state index contributed by atoms with van der Waals surface area (Å²) in [5.74, 6) is -1.27. The maximum Gasteiger partial charge on any atom is 0.408 e. The molecule has 3 unspecified atom stereocenters. The van der Waals surface area contributed by atoms with Crippen molar-refractivity contribution in [3.63, 3.8) is 0 Å². The maximum absolute atomic E-state index is 14.5. The Bertz CT molecular complexity index is 1780. The van der Waals surface area contributed by atoms with Gasteiger partial charge in [-0.15, -0.1) is 0 Å². The first-order chi connectivity index (χ1) is 24.0. The summed E-state index contributed by atoms with van der Waals surface area (Å²) in [4.78, 5) is 60.5. The van der Waals surface area contributed by atoms with Gasteiger partial charge >= 0.3 is 12.1 Å². The van der Waals surface area contributed by atoms with Gasteiger partial charge in [-0.2, -0.15) is 0 Å². The molecule has 274 valence electrons. The second-order valence-corrected chi connectivity index (χ2v) is 15.6. The first-order valence-electron chi connectivity index (χ1n) is 17.5. The zero-order valence-corrected chi connectivity index (χ0v) is 30.7. The minimum absolute atomic E-state index is 0.0113. The van der Waals surface area contributed by atoms with Crippen LogP contribution in [0.15, 0.2) is 54.6 Å². The van der Waals surface area contributed by atoms with Gasteiger partial charge in [-0.05, 0) is 57.1 Å². The number of likely N-dealkylation sites (tertiary alicyclic amines) is 1. The molecule has 12 heteroatoms. The minimum atomic E-state index is -1.41. The van der Waals surface area contributed by atoms with Crippen molar-refractivity contribution in [2.45, 2.75) is 103 Å². The Hall–Kier alpha value is -4.87. The molecular formula is C39H50N4O8. The summed E-state index contributed by atoms with van der Waals surface area (Å²) in [7, 11) is 1.58. The number of benzene rings is 2. The number of alkyl carbamates (subject to hydrolysis) is 1. The van der Waals surface area contributed by atoms with E-state index in [-0.39, 0.29) is 18.9 Å². The summed E-state index contributed by atoms with van der Waals surface area (Å²) < 4.78 is 17.6. The van der Waals surface area contributed by atoms with Crippen molar-refractivity contribution in [2.75, 3.05) is 13.7 Å². The second-order valence-electron chi connectivity index (χ2n) is 15.6. The molecule has 2 aromatic carbocycles. The molecule has 0 spiro atoms. The molecule has 1 aromatic heterocycles. The van der Waals surface area contributed by atoms with Crippen LogP contribution in [-0.4, -0.2) is 81.8 Å². The number of rotatable bonds is 10. The smallest absolute Gasteiger partial charge is 0.408 e. The molecule has 2 heterocycles. The molecule has 1 aliphatic heterocycles. The van der Waals surface area contributed by atoms with Crippen molar-refractivity contribution >= 4 is 34.8 Å². The zero-order chi connectivity index (χ0) is 37.3. The highest BCUT2D eigenvalue weighted by molar-refractivity contribution is 5.95. The predicted octanol–water partition coefficient (Wildman–Crippen LogP) is 5.96. The van der Waals surface area contributed by atoms with Crippen molar-refractivity contribution < 1.29 is 38.5 Å². The van der Waals surface area contributed by atoms with Crippen LogP contribution in [0.25, 0.3) is 22.2 Å². The number of fused-ring (bicyclic) bond motifs is 1. The number of pyridine rings is 1. The maximum atomic E-state index is 14.5. The van der Waals surface area contributed by atoms with E-state index in [0.717, 1.165) is 5.56 Å². The monoisotopic (exact) mass is 702 g/mol. The van der Waals surface area contributed by atoms with Crippen LogP contribution in [0, 0.1) is 11.3 Å². The topological polar surface area (TPSA) is 156 Å². The third-order valence-corrected chi connectivity index (χ3v) is 9.77. The van der Waals surface area contributed by atoms with Crippen molar-refractivity contribution in [3.8, 4) is 22.8 Å². The molecule has 5 atom stereocenters. The summed E-state index contributed by atoms with van der Waals surface area (Å²) in [6.45, 7) is 12.5. The van der Waals surface area contributed by atoms with Gasteiger partial charge in [0, 0.05) is 29.5 Å². The quantitative estimate of drug-likeness (QED) is 0.232. The number of carbonyl (C=O) groups excluding carboxylic acids is 3. The molecule has 0 bridgehead atoms. The highest BCUT2D eigenvalue weighted by atomic mass is 16.6. The Morgan fingerprint density at radius 3 is 2.31 bits per heavy atom. The Morgan fingerprint density at radius 1 is 1.04 bits per heavy atom. The molecule has 3 amide bonds. The lowest BCUT2D eigenvalue weighted by molar-refractivity contribution is -0.158. The molecule has 1 aliphatic carbocycles. The number of carbonyl (C=O) groups is 4. The number of nitrogens with zero attached hydrogens (tertiary/aromatic N) is 2. The number of hydrogen-bond donors (Lipinski definition) is 3. The number of amides is 3. The molecule has 12 nitrogen and oxygen atoms in total. The summed E-state index contributed by atoms with van der Waals surface area (Å²) in [6.07, 6.45) is 0.230. The first-order valence-corrected chi connectivity index (χ1v) is 17.5. The molecule has 5 rings (SSSR count). The van der Waals surface area contributed by atoms with Crippen LogP contribution in [0.3, 0.4) is 0 Å². The van der Waals surface area contributed by atoms with Crippen molar-refractivity contribution in [3.05, 3.63) is 54.6 Å². The molecule has 0 radical (unpaired) electrons. The molecular weight excluding hydrogens is 652 g/mol. The van der Waals surface area contributed by atoms with E-state index >= 15 is 0 Å². The minimum Gasteiger partial charge on any atom is -0.497 e. The van der Waals surface area contributed by atoms with E-state index < -0.39 is 58.6 Å². The number of hydrogen-bond acceptors (Lipinski definition) is 8. The van der Waals surface area contributed by atoms with Gasteiger partial charge in [0.15, 0.2) is 0 Å². The van der Waals surface area contributed by atoms with Gasteiger partial charge in [0.1, 0.15) is 40.8 Å². The third kappa shape index (κ3) is 8.05. The average Bonchev–Trinajstić information content (AvgIpc) is 3.48. The van der Waals surface area contributed by atoms with Crippen molar-refractivity contribution in [2.24, 2.45) is 11.3 Å². The van der Waals surface area contributed by atoms with Gasteiger partial charge in [-0.25, -0.2) is 14.6 Å². The van der Waals surface area contributed by atoms with E-state index in [0.29, 0.717) is 47.4 Å². The Morgan fingerprint density at radius 2 is 1.75 bits per heavy atom. The highest BCUT2D eigenvalue weighted by Crippen LogP contribution is 2.42. The molecule has 2 fully saturated rings. The molecule has 1 saturated heterocycles. The number of aromatic nitrogens is 1. The number of aliphatic carboxylic acids is 1. The third-order valence-electron chi connectivity index (χ3n) is 9.77. The normalized spacial score (nSPS) is 22.4. The SMILES string of the molecule is CCC1CCC1(NC(=O)[C@@H]1CC(Oc2cc(-c3ccccc3)nc3cc(OC)ccc23)CN1C(=O)[C@@H](NC(=O)OC(C)(C)C)C(C)(C)C)C(=O)O. The molecule has 3 aromatic rings. The molecule has 3 N–H and O–H groups in total. The fourth-order valence-corrected chi connectivity index (χ4v) is 6.94. The average molecular weight is 703 g/mol. The Balaban J connectivity index is 1.52. The number of nitrogens with one attached hydrogen (secondary N) is 2. The highest BCUT2D eigenvalue weighted by Gasteiger charge is 2.55. The van der Waals surface area contributed by atoms with E-state index in [1.165, 1.54) is 4.90 Å². The Kier molecular flexibility index (Phi) is 10.6. The van der Waals surface area contributed by atoms with Crippen LogP contribution >= 0.6 is 0 Å². The fraction of sp³-hybridized carbons (Fsp3) is 0.513. The number of carboxylic acids is 1. The largest absolute Gasteiger partial charge is 0.497 e. The number of methoxy groups -OCH3 is 1. The van der Waals surface area contributed by atoms with E-state index in [2.05, 4.69) is 10.6 Å². The van der Waals surface area contributed by atoms with E-state index in [4.69, 9.17) is 19.2 Å². The van der Waals surface area contributed by atoms with Crippen molar-refractivity contribution in [1.82, 2.24) is 20.5 Å². The second kappa shape index (κ2) is 14.4. The number of ether oxygens (including phenoxy) is 3. The summed E-state index contributed by atoms with van der Waals surface area (Å²) >= 11 is 0. The first kappa shape index (κ1) is 37.4. The van der Waals surface area contributed by atoms with Gasteiger partial charge < -0.3 is 34.9 Å². The van der Waals surface area contributed by atoms with Gasteiger partial charge in [-0.3, -0.25) is 9.59 Å². The lowest BCUT2D eigenvalue weighted by atomic mass is 9.65. The lowest BCUT2D eigenvalue weighted by Crippen LogP contribution is -2.67. The fourth-order valence-electron chi connectivity index (χ4n) is 6.94. The summed E-state index contributed by atoms with van der Waals surface area (Å²) in [5.41, 5.74) is -0.812. The van der Waals surface area contributed by atoms with E-state index in [9.17, 15) is 24.3 Å². The Labute approximate surface area is 299 Å². The molecule has 2 aliphatic rings. The molecule has 51 heavy (non-hydrogen) atoms. The van der Waals surface area contributed by atoms with Crippen LogP contribution < -0.4 is 20.1 Å². The standard InChI is InChI=1S/C39H50N4O8/c1-9-24-17-18-39(24,35(46)47)42-33(44)30-20-26(22-43(30)34(45)32(37(2,3)4)41-36(48)51-38(5,6)7)50-31-21-28(23-13-11-10-12-14-23)40-29-19-25(49-8)15-16-27(29)31/h10-16,19,21,24,26,30,32H,9,17-18,20,22H2,1-8H3,(H,41,48)(H,42,44)(H,46,47)/t24?,26?,30-,32+,39?/m0/s1. The lowest BCUT2D eigenvalue weighted by Gasteiger charge is -2.47. The van der Waals surface area contributed by atoms with Crippen LogP contribution in [0.2, 0.25) is 0 Å². The van der Waals surface area contributed by atoms with Crippen LogP contribution in [0.4, 0.5) is 4.79 Å². The van der Waals surface area contributed by atoms with Gasteiger partial charge in [0.05, 0.1) is 24.9 Å². The van der Waals surface area contributed by atoms with Gasteiger partial charge in [-0.1, -0.05) is 64.4 Å².